The van der Waals surface area contributed by atoms with Crippen LogP contribution in [0.4, 0.5) is 8.78 Å². The average molecular weight is 517 g/mol. The molecule has 0 saturated carbocycles. The Labute approximate surface area is 212 Å². The monoisotopic (exact) mass is 516 g/mol. The molecule has 36 heavy (non-hydrogen) atoms. The zero-order chi connectivity index (χ0) is 26.1. The van der Waals surface area contributed by atoms with Crippen LogP contribution in [-0.2, 0) is 16.2 Å². The number of rotatable bonds is 11. The molecule has 0 aromatic heterocycles. The van der Waals surface area contributed by atoms with Crippen LogP contribution in [0, 0.1) is 11.6 Å². The summed E-state index contributed by atoms with van der Waals surface area (Å²) >= 11 is 1.33. The van der Waals surface area contributed by atoms with Crippen LogP contribution in [0.2, 0.25) is 0 Å². The Morgan fingerprint density at radius 3 is 2.44 bits per heavy atom. The molecule has 3 aromatic carbocycles. The summed E-state index contributed by atoms with van der Waals surface area (Å²) in [6.45, 7) is -0.407. The second-order valence-electron chi connectivity index (χ2n) is 7.66. The normalized spacial score (nSPS) is 10.7. The van der Waals surface area contributed by atoms with Gasteiger partial charge in [0, 0.05) is 17.0 Å². The van der Waals surface area contributed by atoms with Gasteiger partial charge in [0.2, 0.25) is 0 Å². The van der Waals surface area contributed by atoms with Crippen LogP contribution in [0.5, 0.6) is 5.75 Å². The summed E-state index contributed by atoms with van der Waals surface area (Å²) in [7, 11) is 1.29. The van der Waals surface area contributed by atoms with E-state index in [1.807, 2.05) is 0 Å². The molecule has 0 aliphatic rings. The summed E-state index contributed by atoms with van der Waals surface area (Å²) in [5.41, 5.74) is 4.52. The lowest BCUT2D eigenvalue weighted by atomic mass is 10.1. The van der Waals surface area contributed by atoms with E-state index in [-0.39, 0.29) is 26.3 Å². The van der Waals surface area contributed by atoms with Crippen molar-refractivity contribution in [3.8, 4) is 16.9 Å². The van der Waals surface area contributed by atoms with Gasteiger partial charge >= 0.3 is 0 Å². The van der Waals surface area contributed by atoms with Crippen molar-refractivity contribution in [2.24, 2.45) is 0 Å². The van der Waals surface area contributed by atoms with Crippen molar-refractivity contribution >= 4 is 23.6 Å². The van der Waals surface area contributed by atoms with Gasteiger partial charge in [-0.2, -0.15) is 0 Å². The number of carbonyl (C=O) groups excluding carboxylic acids is 2. The van der Waals surface area contributed by atoms with Gasteiger partial charge in [0.05, 0.1) is 13.7 Å². The first kappa shape index (κ1) is 27.1. The van der Waals surface area contributed by atoms with Crippen LogP contribution in [0.1, 0.15) is 15.9 Å². The van der Waals surface area contributed by atoms with Crippen molar-refractivity contribution < 1.29 is 33.1 Å². The van der Waals surface area contributed by atoms with E-state index in [9.17, 15) is 23.5 Å². The molecule has 3 aromatic rings. The lowest BCUT2D eigenvalue weighted by molar-refractivity contribution is -0.132. The highest BCUT2D eigenvalue weighted by molar-refractivity contribution is 7.98. The molecule has 0 bridgehead atoms. The largest absolute Gasteiger partial charge is 0.489 e. The number of aliphatic hydroxyl groups excluding tert-OH is 1. The molecule has 0 fully saturated rings. The number of aliphatic hydroxyl groups is 1. The molecule has 7 nitrogen and oxygen atoms in total. The fourth-order valence-electron chi connectivity index (χ4n) is 3.49. The molecular weight excluding hydrogens is 490 g/mol. The summed E-state index contributed by atoms with van der Waals surface area (Å²) in [4.78, 5) is 31.1. The van der Waals surface area contributed by atoms with Crippen LogP contribution in [0.3, 0.4) is 0 Å². The van der Waals surface area contributed by atoms with Crippen molar-refractivity contribution in [3.63, 3.8) is 0 Å². The van der Waals surface area contributed by atoms with E-state index in [2.05, 4.69) is 10.3 Å². The van der Waals surface area contributed by atoms with Crippen LogP contribution < -0.4 is 10.2 Å². The van der Waals surface area contributed by atoms with Crippen LogP contribution >= 0.6 is 11.8 Å². The minimum Gasteiger partial charge on any atom is -0.489 e. The lowest BCUT2D eigenvalue weighted by Gasteiger charge is -2.21. The molecule has 0 spiro atoms. The van der Waals surface area contributed by atoms with Gasteiger partial charge in [-0.1, -0.05) is 24.3 Å². The van der Waals surface area contributed by atoms with Crippen molar-refractivity contribution in [2.45, 2.75) is 11.5 Å². The molecule has 2 N–H and O–H groups in total. The Balaban J connectivity index is 1.68. The molecule has 0 aliphatic heterocycles. The molecule has 0 atom stereocenters. The van der Waals surface area contributed by atoms with Gasteiger partial charge in [-0.25, -0.2) is 14.3 Å². The minimum atomic E-state index is -0.908. The summed E-state index contributed by atoms with van der Waals surface area (Å²) in [5.74, 6) is -2.18. The molecule has 0 radical (unpaired) electrons. The predicted molar refractivity (Wildman–Crippen MR) is 132 cm³/mol. The third kappa shape index (κ3) is 7.03. The van der Waals surface area contributed by atoms with Crippen molar-refractivity contribution in [1.82, 2.24) is 10.4 Å². The van der Waals surface area contributed by atoms with Gasteiger partial charge in [0.25, 0.3) is 11.8 Å². The van der Waals surface area contributed by atoms with Crippen LogP contribution in [0.25, 0.3) is 11.1 Å². The highest BCUT2D eigenvalue weighted by Crippen LogP contribution is 2.33. The second kappa shape index (κ2) is 13.0. The van der Waals surface area contributed by atoms with Crippen molar-refractivity contribution in [2.75, 3.05) is 33.1 Å². The first-order valence-corrected chi connectivity index (χ1v) is 12.2. The predicted octanol–water partition coefficient (Wildman–Crippen LogP) is 4.04. The van der Waals surface area contributed by atoms with Gasteiger partial charge in [-0.05, 0) is 59.3 Å². The van der Waals surface area contributed by atoms with Gasteiger partial charge in [0.1, 0.15) is 18.9 Å². The van der Waals surface area contributed by atoms with Gasteiger partial charge in [-0.15, -0.1) is 11.8 Å². The van der Waals surface area contributed by atoms with Crippen LogP contribution in [0.15, 0.2) is 65.6 Å². The van der Waals surface area contributed by atoms with Gasteiger partial charge in [0.15, 0.2) is 11.6 Å². The SMILES string of the molecule is CONC(=O)CN(CCO)C(=O)c1cccc(COc2ccc(-c3cc(F)c(F)cc3SC)cc2)c1. The fourth-order valence-corrected chi connectivity index (χ4v) is 4.11. The maximum absolute atomic E-state index is 13.8. The summed E-state index contributed by atoms with van der Waals surface area (Å²) in [6, 6.07) is 16.1. The standard InChI is InChI=1S/C26H26F2N2O5S/c1-34-29-25(32)15-30(10-11-31)26(33)19-5-3-4-17(12-19)16-35-20-8-6-18(7-9-20)21-13-22(27)23(28)14-24(21)36-2/h3-9,12-14,31H,10-11,15-16H2,1-2H3,(H,29,32). The Bertz CT molecular complexity index is 1210. The first-order valence-electron chi connectivity index (χ1n) is 10.9. The Hall–Kier alpha value is -3.47. The van der Waals surface area contributed by atoms with Crippen molar-refractivity contribution in [1.29, 1.82) is 0 Å². The first-order chi connectivity index (χ1) is 17.4. The molecule has 0 aliphatic carbocycles. The lowest BCUT2D eigenvalue weighted by Crippen LogP contribution is -2.41. The summed E-state index contributed by atoms with van der Waals surface area (Å²) < 4.78 is 33.2. The summed E-state index contributed by atoms with van der Waals surface area (Å²) in [6.07, 6.45) is 1.80. The number of thioether (sulfide) groups is 1. The van der Waals surface area contributed by atoms with Gasteiger partial charge < -0.3 is 14.7 Å². The number of nitrogens with one attached hydrogen (secondary N) is 1. The van der Waals surface area contributed by atoms with E-state index in [0.29, 0.717) is 21.8 Å². The smallest absolute Gasteiger partial charge is 0.263 e. The van der Waals surface area contributed by atoms with Crippen LogP contribution in [-0.4, -0.2) is 54.9 Å². The zero-order valence-electron chi connectivity index (χ0n) is 19.8. The van der Waals surface area contributed by atoms with E-state index in [1.54, 1.807) is 54.8 Å². The summed E-state index contributed by atoms with van der Waals surface area (Å²) in [5, 5.41) is 9.27. The van der Waals surface area contributed by atoms with E-state index in [0.717, 1.165) is 11.1 Å². The van der Waals surface area contributed by atoms with E-state index >= 15 is 0 Å². The highest BCUT2D eigenvalue weighted by Gasteiger charge is 2.19. The number of amides is 2. The molecule has 0 heterocycles. The number of hydroxylamine groups is 1. The van der Waals surface area contributed by atoms with E-state index in [4.69, 9.17) is 4.74 Å². The maximum atomic E-state index is 13.8. The minimum absolute atomic E-state index is 0.0146. The quantitative estimate of drug-likeness (QED) is 0.295. The topological polar surface area (TPSA) is 88.1 Å². The molecule has 3 rings (SSSR count). The number of halogens is 2. The number of ether oxygens (including phenoxy) is 1. The molecular formula is C26H26F2N2O5S. The molecule has 0 unspecified atom stereocenters. The number of hydrogen-bond donors (Lipinski definition) is 2. The molecule has 2 amide bonds. The fraction of sp³-hybridized carbons (Fsp3) is 0.231. The maximum Gasteiger partial charge on any atom is 0.263 e. The highest BCUT2D eigenvalue weighted by atomic mass is 32.2. The van der Waals surface area contributed by atoms with Crippen molar-refractivity contribution in [3.05, 3.63) is 83.4 Å². The van der Waals surface area contributed by atoms with Gasteiger partial charge in [-0.3, -0.25) is 14.4 Å². The third-order valence-electron chi connectivity index (χ3n) is 5.19. The van der Waals surface area contributed by atoms with E-state index < -0.39 is 23.4 Å². The number of carbonyl (C=O) groups is 2. The third-order valence-corrected chi connectivity index (χ3v) is 5.97. The molecule has 10 heteroatoms. The molecule has 0 saturated heterocycles. The Morgan fingerprint density at radius 1 is 1.06 bits per heavy atom. The second-order valence-corrected chi connectivity index (χ2v) is 8.51. The average Bonchev–Trinajstić information content (AvgIpc) is 2.88. The molecule has 190 valence electrons. The Kier molecular flexibility index (Phi) is 9.80. The Morgan fingerprint density at radius 2 is 1.78 bits per heavy atom. The number of nitrogens with zero attached hydrogens (tertiary/aromatic N) is 1. The van der Waals surface area contributed by atoms with E-state index in [1.165, 1.54) is 35.9 Å². The number of benzene rings is 3. The zero-order valence-corrected chi connectivity index (χ0v) is 20.6. The number of hydrogen-bond acceptors (Lipinski definition) is 6.